The van der Waals surface area contributed by atoms with E-state index >= 15 is 0 Å². The van der Waals surface area contributed by atoms with Crippen LogP contribution in [0, 0.1) is 11.8 Å². The Hall–Kier alpha value is -0.640. The minimum absolute atomic E-state index is 0.229. The van der Waals surface area contributed by atoms with Gasteiger partial charge >= 0.3 is 0 Å². The fourth-order valence-corrected chi connectivity index (χ4v) is 1.78. The highest BCUT2D eigenvalue weighted by Crippen LogP contribution is 2.39. The molecule has 0 aromatic carbocycles. The summed E-state index contributed by atoms with van der Waals surface area (Å²) in [4.78, 5) is 14.0. The zero-order chi connectivity index (χ0) is 10.7. The van der Waals surface area contributed by atoms with Gasteiger partial charge in [0.1, 0.15) is 0 Å². The molecule has 3 nitrogen and oxygen atoms in total. The summed E-state index contributed by atoms with van der Waals surface area (Å²) in [5.41, 5.74) is 5.45. The van der Waals surface area contributed by atoms with E-state index in [0.29, 0.717) is 17.5 Å². The molecule has 0 aromatic heterocycles. The topological polar surface area (TPSA) is 46.3 Å². The third kappa shape index (κ3) is 2.94. The van der Waals surface area contributed by atoms with Gasteiger partial charge in [-0.05, 0) is 18.8 Å². The van der Waals surface area contributed by atoms with E-state index in [2.05, 4.69) is 13.8 Å². The molecule has 1 amide bonds. The first-order chi connectivity index (χ1) is 6.56. The van der Waals surface area contributed by atoms with Gasteiger partial charge in [0.25, 0.3) is 0 Å². The molecule has 2 N–H and O–H groups in total. The van der Waals surface area contributed by atoms with Crippen molar-refractivity contribution in [3.63, 3.8) is 0 Å². The SMILES string of the molecule is CCCN(CC(N)=S)C(=O)C1CC1C. The second-order valence-corrected chi connectivity index (χ2v) is 4.57. The molecular weight excluding hydrogens is 196 g/mol. The smallest absolute Gasteiger partial charge is 0.226 e. The molecule has 14 heavy (non-hydrogen) atoms. The number of rotatable bonds is 5. The van der Waals surface area contributed by atoms with Gasteiger partial charge in [-0.25, -0.2) is 0 Å². The monoisotopic (exact) mass is 214 g/mol. The number of nitrogens with zero attached hydrogens (tertiary/aromatic N) is 1. The van der Waals surface area contributed by atoms with Gasteiger partial charge in [-0.1, -0.05) is 26.1 Å². The largest absolute Gasteiger partial charge is 0.392 e. The van der Waals surface area contributed by atoms with E-state index in [9.17, 15) is 4.79 Å². The Kier molecular flexibility index (Phi) is 3.86. The summed E-state index contributed by atoms with van der Waals surface area (Å²) in [5, 5.41) is 0. The molecule has 2 unspecified atom stereocenters. The first-order valence-corrected chi connectivity index (χ1v) is 5.54. The van der Waals surface area contributed by atoms with Gasteiger partial charge in [0.05, 0.1) is 11.5 Å². The number of thiocarbonyl (C=S) groups is 1. The standard InChI is InChI=1S/C10H18N2OS/c1-3-4-12(6-9(11)14)10(13)8-5-7(8)2/h7-8H,3-6H2,1-2H3,(H2,11,14). The average Bonchev–Trinajstić information content (AvgIpc) is 2.80. The lowest BCUT2D eigenvalue weighted by Crippen LogP contribution is -2.39. The molecule has 1 aliphatic rings. The molecule has 0 bridgehead atoms. The Morgan fingerprint density at radius 2 is 2.21 bits per heavy atom. The summed E-state index contributed by atoms with van der Waals surface area (Å²) in [6, 6.07) is 0. The molecule has 80 valence electrons. The van der Waals surface area contributed by atoms with Crippen LogP contribution in [0.25, 0.3) is 0 Å². The van der Waals surface area contributed by atoms with Crippen molar-refractivity contribution in [1.82, 2.24) is 4.90 Å². The Balaban J connectivity index is 2.48. The van der Waals surface area contributed by atoms with E-state index < -0.39 is 0 Å². The average molecular weight is 214 g/mol. The molecule has 0 spiro atoms. The molecule has 4 heteroatoms. The molecule has 0 aromatic rings. The maximum absolute atomic E-state index is 11.9. The van der Waals surface area contributed by atoms with Crippen molar-refractivity contribution in [2.75, 3.05) is 13.1 Å². The maximum Gasteiger partial charge on any atom is 0.226 e. The Labute approximate surface area is 90.6 Å². The fraction of sp³-hybridized carbons (Fsp3) is 0.800. The first-order valence-electron chi connectivity index (χ1n) is 5.13. The summed E-state index contributed by atoms with van der Waals surface area (Å²) in [6.45, 7) is 5.36. The van der Waals surface area contributed by atoms with Gasteiger partial charge in [0, 0.05) is 12.5 Å². The highest BCUT2D eigenvalue weighted by Gasteiger charge is 2.41. The molecule has 0 heterocycles. The third-order valence-corrected chi connectivity index (χ3v) is 2.71. The number of amides is 1. The number of hydrogen-bond donors (Lipinski definition) is 1. The van der Waals surface area contributed by atoms with E-state index in [0.717, 1.165) is 19.4 Å². The second kappa shape index (κ2) is 4.73. The molecule has 0 aliphatic heterocycles. The van der Waals surface area contributed by atoms with E-state index in [1.54, 1.807) is 4.90 Å². The Morgan fingerprint density at radius 3 is 2.57 bits per heavy atom. The Bertz CT molecular complexity index is 242. The van der Waals surface area contributed by atoms with Gasteiger partial charge < -0.3 is 10.6 Å². The van der Waals surface area contributed by atoms with Crippen LogP contribution in [0.3, 0.4) is 0 Å². The van der Waals surface area contributed by atoms with Crippen molar-refractivity contribution < 1.29 is 4.79 Å². The van der Waals surface area contributed by atoms with Crippen molar-refractivity contribution >= 4 is 23.1 Å². The minimum Gasteiger partial charge on any atom is -0.392 e. The van der Waals surface area contributed by atoms with Crippen LogP contribution in [0.4, 0.5) is 0 Å². The number of nitrogens with two attached hydrogens (primary N) is 1. The van der Waals surface area contributed by atoms with Gasteiger partial charge in [-0.15, -0.1) is 0 Å². The van der Waals surface area contributed by atoms with Gasteiger partial charge in [-0.3, -0.25) is 4.79 Å². The lowest BCUT2D eigenvalue weighted by Gasteiger charge is -2.21. The summed E-state index contributed by atoms with van der Waals surface area (Å²) in [5.74, 6) is 1.01. The third-order valence-electron chi connectivity index (χ3n) is 2.58. The zero-order valence-corrected chi connectivity index (χ0v) is 9.64. The predicted octanol–water partition coefficient (Wildman–Crippen LogP) is 1.17. The normalized spacial score (nSPS) is 24.4. The molecule has 1 saturated carbocycles. The molecule has 1 fully saturated rings. The second-order valence-electron chi connectivity index (χ2n) is 4.05. The van der Waals surface area contributed by atoms with Crippen LogP contribution < -0.4 is 5.73 Å². The maximum atomic E-state index is 11.9. The molecule has 2 atom stereocenters. The van der Waals surface area contributed by atoms with E-state index in [1.165, 1.54) is 0 Å². The first kappa shape index (κ1) is 11.4. The van der Waals surface area contributed by atoms with Crippen molar-refractivity contribution in [3.8, 4) is 0 Å². The summed E-state index contributed by atoms with van der Waals surface area (Å²) >= 11 is 4.83. The van der Waals surface area contributed by atoms with Crippen LogP contribution in [0.1, 0.15) is 26.7 Å². The molecular formula is C10H18N2OS. The lowest BCUT2D eigenvalue weighted by atomic mass is 10.2. The quantitative estimate of drug-likeness (QED) is 0.699. The van der Waals surface area contributed by atoms with Gasteiger partial charge in [0.15, 0.2) is 0 Å². The fourth-order valence-electron chi connectivity index (χ4n) is 1.63. The predicted molar refractivity (Wildman–Crippen MR) is 60.9 cm³/mol. The van der Waals surface area contributed by atoms with E-state index in [1.807, 2.05) is 0 Å². The summed E-state index contributed by atoms with van der Waals surface area (Å²) in [7, 11) is 0. The number of carbonyl (C=O) groups is 1. The highest BCUT2D eigenvalue weighted by atomic mass is 32.1. The van der Waals surface area contributed by atoms with Crippen LogP contribution >= 0.6 is 12.2 Å². The molecule has 1 aliphatic carbocycles. The van der Waals surface area contributed by atoms with Crippen LogP contribution in [-0.4, -0.2) is 28.9 Å². The highest BCUT2D eigenvalue weighted by molar-refractivity contribution is 7.80. The van der Waals surface area contributed by atoms with Crippen molar-refractivity contribution in [1.29, 1.82) is 0 Å². The number of hydrogen-bond acceptors (Lipinski definition) is 2. The summed E-state index contributed by atoms with van der Waals surface area (Å²) < 4.78 is 0. The van der Waals surface area contributed by atoms with Crippen LogP contribution in [-0.2, 0) is 4.79 Å². The minimum atomic E-state index is 0.229. The van der Waals surface area contributed by atoms with E-state index in [-0.39, 0.29) is 11.8 Å². The van der Waals surface area contributed by atoms with Gasteiger partial charge in [0.2, 0.25) is 5.91 Å². The zero-order valence-electron chi connectivity index (χ0n) is 8.82. The van der Waals surface area contributed by atoms with E-state index in [4.69, 9.17) is 18.0 Å². The van der Waals surface area contributed by atoms with Crippen molar-refractivity contribution in [2.24, 2.45) is 17.6 Å². The van der Waals surface area contributed by atoms with Crippen molar-refractivity contribution in [2.45, 2.75) is 26.7 Å². The van der Waals surface area contributed by atoms with Crippen LogP contribution in [0.2, 0.25) is 0 Å². The van der Waals surface area contributed by atoms with Gasteiger partial charge in [-0.2, -0.15) is 0 Å². The lowest BCUT2D eigenvalue weighted by molar-refractivity contribution is -0.132. The molecule has 1 rings (SSSR count). The van der Waals surface area contributed by atoms with Crippen LogP contribution in [0.5, 0.6) is 0 Å². The Morgan fingerprint density at radius 1 is 1.64 bits per heavy atom. The van der Waals surface area contributed by atoms with Crippen LogP contribution in [0.15, 0.2) is 0 Å². The summed E-state index contributed by atoms with van der Waals surface area (Å²) in [6.07, 6.45) is 1.98. The molecule has 0 radical (unpaired) electrons. The number of carbonyl (C=O) groups excluding carboxylic acids is 1. The molecule has 0 saturated heterocycles. The van der Waals surface area contributed by atoms with Crippen molar-refractivity contribution in [3.05, 3.63) is 0 Å².